The number of aryl methyl sites for hydroxylation is 2. The second-order valence-electron chi connectivity index (χ2n) is 4.40. The molecular formula is C14H16N2O3S. The molecule has 1 N–H and O–H groups in total. The Bertz CT molecular complexity index is 727. The van der Waals surface area contributed by atoms with Gasteiger partial charge in [0.2, 0.25) is 0 Å². The van der Waals surface area contributed by atoms with Crippen molar-refractivity contribution in [3.63, 3.8) is 0 Å². The first-order valence-electron chi connectivity index (χ1n) is 6.03. The van der Waals surface area contributed by atoms with E-state index in [4.69, 9.17) is 4.74 Å². The number of hydrogen-bond acceptors (Lipinski definition) is 4. The minimum atomic E-state index is -3.65. The summed E-state index contributed by atoms with van der Waals surface area (Å²) in [5, 5.41) is 0. The van der Waals surface area contributed by atoms with Crippen molar-refractivity contribution in [2.24, 2.45) is 0 Å². The molecule has 1 aromatic carbocycles. The van der Waals surface area contributed by atoms with Gasteiger partial charge in [-0.05, 0) is 49.7 Å². The average Bonchev–Trinajstić information content (AvgIpc) is 2.38. The smallest absolute Gasteiger partial charge is 0.263 e. The first kappa shape index (κ1) is 14.3. The van der Waals surface area contributed by atoms with E-state index in [-0.39, 0.29) is 4.90 Å². The molecule has 20 heavy (non-hydrogen) atoms. The third-order valence-electron chi connectivity index (χ3n) is 2.80. The van der Waals surface area contributed by atoms with E-state index in [0.29, 0.717) is 11.6 Å². The fourth-order valence-electron chi connectivity index (χ4n) is 1.81. The van der Waals surface area contributed by atoms with Gasteiger partial charge in [-0.25, -0.2) is 13.4 Å². The molecule has 0 amide bonds. The Kier molecular flexibility index (Phi) is 3.94. The Balaban J connectivity index is 2.33. The second-order valence-corrected chi connectivity index (χ2v) is 6.08. The van der Waals surface area contributed by atoms with Crippen LogP contribution in [0.1, 0.15) is 11.3 Å². The van der Waals surface area contributed by atoms with Crippen LogP contribution in [0.4, 0.5) is 5.82 Å². The van der Waals surface area contributed by atoms with Crippen molar-refractivity contribution >= 4 is 15.8 Å². The van der Waals surface area contributed by atoms with Crippen LogP contribution in [0.25, 0.3) is 0 Å². The fraction of sp³-hybridized carbons (Fsp3) is 0.214. The number of nitrogens with one attached hydrogen (secondary N) is 1. The monoisotopic (exact) mass is 292 g/mol. The molecule has 0 radical (unpaired) electrons. The third-order valence-corrected chi connectivity index (χ3v) is 4.16. The standard InChI is InChI=1S/C14H16N2O3S/c1-10-9-12(7-8-13(10)19-3)20(17,18)16-14-6-4-5-11(2)15-14/h4-9H,1-3H3,(H,15,16). The van der Waals surface area contributed by atoms with E-state index in [1.54, 1.807) is 51.3 Å². The Labute approximate surface area is 118 Å². The Hall–Kier alpha value is -2.08. The zero-order chi connectivity index (χ0) is 14.8. The van der Waals surface area contributed by atoms with E-state index >= 15 is 0 Å². The topological polar surface area (TPSA) is 68.3 Å². The van der Waals surface area contributed by atoms with Gasteiger partial charge in [0.05, 0.1) is 12.0 Å². The number of anilines is 1. The van der Waals surface area contributed by atoms with Gasteiger partial charge in [0.15, 0.2) is 0 Å². The van der Waals surface area contributed by atoms with E-state index in [2.05, 4.69) is 9.71 Å². The zero-order valence-corrected chi connectivity index (χ0v) is 12.4. The van der Waals surface area contributed by atoms with Gasteiger partial charge in [-0.15, -0.1) is 0 Å². The van der Waals surface area contributed by atoms with Crippen molar-refractivity contribution in [3.8, 4) is 5.75 Å². The van der Waals surface area contributed by atoms with Gasteiger partial charge in [0.1, 0.15) is 11.6 Å². The number of benzene rings is 1. The Morgan fingerprint density at radius 2 is 1.90 bits per heavy atom. The first-order valence-corrected chi connectivity index (χ1v) is 7.52. The summed E-state index contributed by atoms with van der Waals surface area (Å²) in [6.07, 6.45) is 0. The van der Waals surface area contributed by atoms with Crippen LogP contribution in [-0.4, -0.2) is 20.5 Å². The molecule has 5 nitrogen and oxygen atoms in total. The van der Waals surface area contributed by atoms with Gasteiger partial charge in [-0.3, -0.25) is 4.72 Å². The van der Waals surface area contributed by atoms with E-state index in [9.17, 15) is 8.42 Å². The molecule has 0 aliphatic carbocycles. The maximum absolute atomic E-state index is 12.3. The van der Waals surface area contributed by atoms with E-state index in [0.717, 1.165) is 11.3 Å². The molecule has 1 aromatic heterocycles. The van der Waals surface area contributed by atoms with Crippen LogP contribution < -0.4 is 9.46 Å². The molecule has 0 fully saturated rings. The summed E-state index contributed by atoms with van der Waals surface area (Å²) in [6.45, 7) is 3.60. The predicted molar refractivity (Wildman–Crippen MR) is 77.5 cm³/mol. The highest BCUT2D eigenvalue weighted by Crippen LogP contribution is 2.22. The minimum Gasteiger partial charge on any atom is -0.496 e. The van der Waals surface area contributed by atoms with Crippen molar-refractivity contribution < 1.29 is 13.2 Å². The van der Waals surface area contributed by atoms with Crippen LogP contribution in [0.15, 0.2) is 41.3 Å². The van der Waals surface area contributed by atoms with Gasteiger partial charge in [0, 0.05) is 5.69 Å². The molecule has 0 aliphatic rings. The minimum absolute atomic E-state index is 0.180. The molecule has 0 atom stereocenters. The number of aromatic nitrogens is 1. The summed E-state index contributed by atoms with van der Waals surface area (Å²) in [7, 11) is -2.10. The molecule has 106 valence electrons. The lowest BCUT2D eigenvalue weighted by molar-refractivity contribution is 0.411. The molecule has 1 heterocycles. The van der Waals surface area contributed by atoms with Crippen LogP contribution >= 0.6 is 0 Å². The van der Waals surface area contributed by atoms with Gasteiger partial charge in [0.25, 0.3) is 10.0 Å². The fourth-order valence-corrected chi connectivity index (χ4v) is 2.90. The maximum Gasteiger partial charge on any atom is 0.263 e. The van der Waals surface area contributed by atoms with Crippen LogP contribution in [0, 0.1) is 13.8 Å². The molecule has 0 saturated heterocycles. The quantitative estimate of drug-likeness (QED) is 0.940. The number of pyridine rings is 1. The number of ether oxygens (including phenoxy) is 1. The van der Waals surface area contributed by atoms with Crippen molar-refractivity contribution in [1.82, 2.24) is 4.98 Å². The third kappa shape index (κ3) is 3.08. The Morgan fingerprint density at radius 3 is 2.50 bits per heavy atom. The summed E-state index contributed by atoms with van der Waals surface area (Å²) in [5.41, 5.74) is 1.50. The lowest BCUT2D eigenvalue weighted by atomic mass is 10.2. The predicted octanol–water partition coefficient (Wildman–Crippen LogP) is 2.51. The molecular weight excluding hydrogens is 276 g/mol. The zero-order valence-electron chi connectivity index (χ0n) is 11.5. The summed E-state index contributed by atoms with van der Waals surface area (Å²) in [5.74, 6) is 0.955. The normalized spacial score (nSPS) is 11.2. The number of sulfonamides is 1. The van der Waals surface area contributed by atoms with E-state index < -0.39 is 10.0 Å². The number of nitrogens with zero attached hydrogens (tertiary/aromatic N) is 1. The second kappa shape index (κ2) is 5.50. The van der Waals surface area contributed by atoms with Crippen LogP contribution in [0.5, 0.6) is 5.75 Å². The van der Waals surface area contributed by atoms with Crippen molar-refractivity contribution in [2.75, 3.05) is 11.8 Å². The average molecular weight is 292 g/mol. The summed E-state index contributed by atoms with van der Waals surface area (Å²) in [6, 6.07) is 9.87. The summed E-state index contributed by atoms with van der Waals surface area (Å²) < 4.78 is 32.1. The van der Waals surface area contributed by atoms with Crippen molar-refractivity contribution in [2.45, 2.75) is 18.7 Å². The van der Waals surface area contributed by atoms with Crippen LogP contribution in [-0.2, 0) is 10.0 Å². The van der Waals surface area contributed by atoms with E-state index in [1.807, 2.05) is 0 Å². The molecule has 0 spiro atoms. The molecule has 0 saturated carbocycles. The largest absolute Gasteiger partial charge is 0.496 e. The number of methoxy groups -OCH3 is 1. The highest BCUT2D eigenvalue weighted by Gasteiger charge is 2.16. The van der Waals surface area contributed by atoms with E-state index in [1.165, 1.54) is 6.07 Å². The summed E-state index contributed by atoms with van der Waals surface area (Å²) >= 11 is 0. The van der Waals surface area contributed by atoms with Crippen molar-refractivity contribution in [3.05, 3.63) is 47.7 Å². The number of rotatable bonds is 4. The molecule has 2 aromatic rings. The van der Waals surface area contributed by atoms with Gasteiger partial charge in [-0.1, -0.05) is 6.07 Å². The highest BCUT2D eigenvalue weighted by atomic mass is 32.2. The SMILES string of the molecule is COc1ccc(S(=O)(=O)Nc2cccc(C)n2)cc1C. The van der Waals surface area contributed by atoms with Crippen LogP contribution in [0.2, 0.25) is 0 Å². The van der Waals surface area contributed by atoms with Crippen molar-refractivity contribution in [1.29, 1.82) is 0 Å². The van der Waals surface area contributed by atoms with Gasteiger partial charge < -0.3 is 4.74 Å². The maximum atomic E-state index is 12.3. The molecule has 0 bridgehead atoms. The summed E-state index contributed by atoms with van der Waals surface area (Å²) in [4.78, 5) is 4.30. The lowest BCUT2D eigenvalue weighted by Gasteiger charge is -2.10. The number of hydrogen-bond donors (Lipinski definition) is 1. The molecule has 0 unspecified atom stereocenters. The van der Waals surface area contributed by atoms with Gasteiger partial charge >= 0.3 is 0 Å². The molecule has 6 heteroatoms. The highest BCUT2D eigenvalue weighted by molar-refractivity contribution is 7.92. The van der Waals surface area contributed by atoms with Gasteiger partial charge in [-0.2, -0.15) is 0 Å². The Morgan fingerprint density at radius 1 is 1.15 bits per heavy atom. The first-order chi connectivity index (χ1) is 9.42. The molecule has 0 aliphatic heterocycles. The van der Waals surface area contributed by atoms with Crippen LogP contribution in [0.3, 0.4) is 0 Å². The lowest BCUT2D eigenvalue weighted by Crippen LogP contribution is -2.14. The molecule has 2 rings (SSSR count).